The lowest BCUT2D eigenvalue weighted by molar-refractivity contribution is -0.104. The van der Waals surface area contributed by atoms with Gasteiger partial charge in [-0.15, -0.1) is 0 Å². The van der Waals surface area contributed by atoms with Crippen molar-refractivity contribution in [1.82, 2.24) is 0 Å². The van der Waals surface area contributed by atoms with E-state index in [9.17, 15) is 4.79 Å². The van der Waals surface area contributed by atoms with Crippen molar-refractivity contribution >= 4 is 11.9 Å². The quantitative estimate of drug-likeness (QED) is 0.349. The van der Waals surface area contributed by atoms with E-state index >= 15 is 0 Å². The fourth-order valence-corrected chi connectivity index (χ4v) is 2.40. The molecule has 2 nitrogen and oxygen atoms in total. The molecule has 0 aliphatic heterocycles. The predicted octanol–water partition coefficient (Wildman–Crippen LogP) is 5.71. The van der Waals surface area contributed by atoms with Crippen LogP contribution in [0.3, 0.4) is 0 Å². The van der Waals surface area contributed by atoms with E-state index in [-0.39, 0.29) is 0 Å². The Labute approximate surface area is 135 Å². The van der Waals surface area contributed by atoms with Gasteiger partial charge in [0.05, 0.1) is 6.61 Å². The number of ether oxygens (including phenoxy) is 1. The minimum absolute atomic E-state index is 0.387. The fourth-order valence-electron chi connectivity index (χ4n) is 2.40. The molecule has 0 heterocycles. The van der Waals surface area contributed by atoms with E-state index in [1.165, 1.54) is 11.1 Å². The van der Waals surface area contributed by atoms with Crippen molar-refractivity contribution in [2.45, 2.75) is 66.2 Å². The third kappa shape index (κ3) is 4.72. The van der Waals surface area contributed by atoms with Gasteiger partial charge in [-0.1, -0.05) is 47.1 Å². The van der Waals surface area contributed by atoms with E-state index in [4.69, 9.17) is 4.74 Å². The van der Waals surface area contributed by atoms with Gasteiger partial charge in [0.2, 0.25) is 0 Å². The third-order valence-corrected chi connectivity index (χ3v) is 3.92. The van der Waals surface area contributed by atoms with Crippen LogP contribution in [0.4, 0.5) is 0 Å². The second-order valence-electron chi connectivity index (χ2n) is 6.48. The monoisotopic (exact) mass is 302 g/mol. The first-order valence-corrected chi connectivity index (χ1v) is 8.35. The minimum atomic E-state index is 0.387. The van der Waals surface area contributed by atoms with Gasteiger partial charge in [-0.25, -0.2) is 0 Å². The highest BCUT2D eigenvalue weighted by Crippen LogP contribution is 2.37. The number of hydrogen-bond acceptors (Lipinski definition) is 2. The molecule has 0 aliphatic rings. The van der Waals surface area contributed by atoms with Gasteiger partial charge >= 0.3 is 0 Å². The predicted molar refractivity (Wildman–Crippen MR) is 94.7 cm³/mol. The second kappa shape index (κ2) is 8.77. The zero-order chi connectivity index (χ0) is 16.7. The number of carbonyl (C=O) groups excluding carboxylic acids is 1. The molecule has 1 rings (SSSR count). The number of aldehydes is 1. The Morgan fingerprint density at radius 1 is 1.18 bits per heavy atom. The molecule has 0 saturated heterocycles. The molecule has 2 heteroatoms. The number of benzene rings is 1. The summed E-state index contributed by atoms with van der Waals surface area (Å²) in [4.78, 5) is 10.9. The van der Waals surface area contributed by atoms with Crippen LogP contribution in [-0.2, 0) is 4.79 Å². The number of rotatable bonds is 8. The summed E-state index contributed by atoms with van der Waals surface area (Å²) in [5.41, 5.74) is 4.54. The van der Waals surface area contributed by atoms with Crippen LogP contribution < -0.4 is 4.74 Å². The maximum absolute atomic E-state index is 10.9. The maximum atomic E-state index is 10.9. The van der Waals surface area contributed by atoms with Crippen LogP contribution in [0.25, 0.3) is 5.57 Å². The summed E-state index contributed by atoms with van der Waals surface area (Å²) in [7, 11) is 0. The Kier molecular flexibility index (Phi) is 7.37. The first-order valence-electron chi connectivity index (χ1n) is 8.35. The van der Waals surface area contributed by atoms with Crippen molar-refractivity contribution in [2.75, 3.05) is 6.61 Å². The summed E-state index contributed by atoms with van der Waals surface area (Å²) in [6.45, 7) is 13.6. The van der Waals surface area contributed by atoms with Gasteiger partial charge in [-0.3, -0.25) is 4.79 Å². The van der Waals surface area contributed by atoms with Crippen LogP contribution in [0.1, 0.15) is 82.9 Å². The fraction of sp³-hybridized carbons (Fsp3) is 0.550. The molecule has 0 aliphatic carbocycles. The molecule has 0 unspecified atom stereocenters. The third-order valence-electron chi connectivity index (χ3n) is 3.92. The summed E-state index contributed by atoms with van der Waals surface area (Å²) in [6, 6.07) is 4.43. The Hall–Kier alpha value is -1.57. The highest BCUT2D eigenvalue weighted by atomic mass is 16.5. The lowest BCUT2D eigenvalue weighted by Gasteiger charge is -2.21. The normalized spacial score (nSPS) is 12.1. The summed E-state index contributed by atoms with van der Waals surface area (Å²) in [5.74, 6) is 1.78. The minimum Gasteiger partial charge on any atom is -0.493 e. The Bertz CT molecular complexity index is 525. The van der Waals surface area contributed by atoms with Gasteiger partial charge in [0.1, 0.15) is 12.0 Å². The van der Waals surface area contributed by atoms with Gasteiger partial charge in [0.25, 0.3) is 0 Å². The van der Waals surface area contributed by atoms with Crippen molar-refractivity contribution in [1.29, 1.82) is 0 Å². The summed E-state index contributed by atoms with van der Waals surface area (Å²) in [6.07, 6.45) is 4.62. The zero-order valence-electron chi connectivity index (χ0n) is 14.9. The molecule has 0 radical (unpaired) electrons. The SMILES string of the molecule is CCCCOc1c(/C(C)=C\C=O)cc(C(C)C)cc1C(C)C. The van der Waals surface area contributed by atoms with Crippen molar-refractivity contribution in [3.63, 3.8) is 0 Å². The summed E-state index contributed by atoms with van der Waals surface area (Å²) in [5, 5.41) is 0. The maximum Gasteiger partial charge on any atom is 0.143 e. The highest BCUT2D eigenvalue weighted by Gasteiger charge is 2.17. The van der Waals surface area contributed by atoms with E-state index in [1.807, 2.05) is 6.92 Å². The Morgan fingerprint density at radius 3 is 2.36 bits per heavy atom. The van der Waals surface area contributed by atoms with Gasteiger partial charge in [0.15, 0.2) is 0 Å². The molecule has 1 aromatic carbocycles. The van der Waals surface area contributed by atoms with E-state index in [1.54, 1.807) is 6.08 Å². The van der Waals surface area contributed by atoms with Gasteiger partial charge < -0.3 is 4.74 Å². The largest absolute Gasteiger partial charge is 0.493 e. The topological polar surface area (TPSA) is 26.3 Å². The highest BCUT2D eigenvalue weighted by molar-refractivity contribution is 5.83. The molecule has 0 bridgehead atoms. The van der Waals surface area contributed by atoms with Crippen LogP contribution >= 0.6 is 0 Å². The van der Waals surface area contributed by atoms with Gasteiger partial charge in [-0.05, 0) is 54.0 Å². The number of allylic oxidation sites excluding steroid dienone is 2. The van der Waals surface area contributed by atoms with Crippen LogP contribution in [0.5, 0.6) is 5.75 Å². The van der Waals surface area contributed by atoms with E-state index in [0.717, 1.165) is 42.6 Å². The molecule has 0 spiro atoms. The van der Waals surface area contributed by atoms with Gasteiger partial charge in [0, 0.05) is 5.56 Å². The molecule has 0 atom stereocenters. The molecule has 0 fully saturated rings. The van der Waals surface area contributed by atoms with Crippen LogP contribution in [0.15, 0.2) is 18.2 Å². The second-order valence-corrected chi connectivity index (χ2v) is 6.48. The lowest BCUT2D eigenvalue weighted by atomic mass is 9.89. The average molecular weight is 302 g/mol. The molecule has 122 valence electrons. The first kappa shape index (κ1) is 18.5. The standard InChI is InChI=1S/C20H30O2/c1-7-8-11-22-20-18(15(4)5)12-17(14(2)3)13-19(20)16(6)9-10-21/h9-10,12-15H,7-8,11H2,1-6H3/b16-9-. The van der Waals surface area contributed by atoms with Gasteiger partial charge in [-0.2, -0.15) is 0 Å². The molecule has 0 N–H and O–H groups in total. The van der Waals surface area contributed by atoms with Crippen LogP contribution in [0.2, 0.25) is 0 Å². The average Bonchev–Trinajstić information content (AvgIpc) is 2.47. The lowest BCUT2D eigenvalue weighted by Crippen LogP contribution is -2.06. The van der Waals surface area contributed by atoms with E-state index < -0.39 is 0 Å². The smallest absolute Gasteiger partial charge is 0.143 e. The molecule has 22 heavy (non-hydrogen) atoms. The molecular weight excluding hydrogens is 272 g/mol. The van der Waals surface area contributed by atoms with Crippen molar-refractivity contribution in [2.24, 2.45) is 0 Å². The zero-order valence-corrected chi connectivity index (χ0v) is 14.9. The van der Waals surface area contributed by atoms with Crippen LogP contribution in [0, 0.1) is 0 Å². The van der Waals surface area contributed by atoms with E-state index in [2.05, 4.69) is 46.8 Å². The van der Waals surface area contributed by atoms with Crippen molar-refractivity contribution in [3.05, 3.63) is 34.9 Å². The van der Waals surface area contributed by atoms with Crippen LogP contribution in [-0.4, -0.2) is 12.9 Å². The summed E-state index contributed by atoms with van der Waals surface area (Å²) < 4.78 is 6.12. The molecule has 0 aromatic heterocycles. The molecule has 0 amide bonds. The number of carbonyl (C=O) groups is 1. The number of hydrogen-bond donors (Lipinski definition) is 0. The Morgan fingerprint density at radius 2 is 1.86 bits per heavy atom. The van der Waals surface area contributed by atoms with Crippen molar-refractivity contribution < 1.29 is 9.53 Å². The molecular formula is C20H30O2. The Balaban J connectivity index is 3.45. The number of unbranched alkanes of at least 4 members (excludes halogenated alkanes) is 1. The first-order chi connectivity index (χ1) is 10.4. The summed E-state index contributed by atoms with van der Waals surface area (Å²) >= 11 is 0. The molecule has 0 saturated carbocycles. The van der Waals surface area contributed by atoms with E-state index in [0.29, 0.717) is 11.8 Å². The van der Waals surface area contributed by atoms with Crippen molar-refractivity contribution in [3.8, 4) is 5.75 Å². The molecule has 1 aromatic rings.